The van der Waals surface area contributed by atoms with E-state index in [4.69, 9.17) is 20.6 Å². The summed E-state index contributed by atoms with van der Waals surface area (Å²) in [5.41, 5.74) is 6.90. The third-order valence-corrected chi connectivity index (χ3v) is 6.17. The van der Waals surface area contributed by atoms with Crippen LogP contribution in [-0.4, -0.2) is 73.8 Å². The molecule has 1 unspecified atom stereocenters. The highest BCUT2D eigenvalue weighted by atomic mass is 19.1. The van der Waals surface area contributed by atoms with Crippen LogP contribution < -0.4 is 20.4 Å². The number of hydrogen-bond donors (Lipinski definition) is 2. The maximum absolute atomic E-state index is 15.2. The van der Waals surface area contributed by atoms with Crippen molar-refractivity contribution in [2.45, 2.75) is 39.5 Å². The van der Waals surface area contributed by atoms with Crippen molar-refractivity contribution in [3.63, 3.8) is 0 Å². The Morgan fingerprint density at radius 3 is 2.54 bits per heavy atom. The lowest BCUT2D eigenvalue weighted by atomic mass is 10.1. The van der Waals surface area contributed by atoms with E-state index >= 15 is 4.39 Å². The Labute approximate surface area is 205 Å². The van der Waals surface area contributed by atoms with Crippen molar-refractivity contribution in [3.8, 4) is 0 Å². The van der Waals surface area contributed by atoms with Gasteiger partial charge in [-0.3, -0.25) is 10.2 Å². The summed E-state index contributed by atoms with van der Waals surface area (Å²) in [5, 5.41) is 7.15. The van der Waals surface area contributed by atoms with Crippen LogP contribution in [0.2, 0.25) is 0 Å². The van der Waals surface area contributed by atoms with Gasteiger partial charge < -0.3 is 29.9 Å². The molecule has 0 amide bonds. The number of esters is 1. The standard InChI is InChI=1S/C23H30FN7O3.CH4/c1-15-11-29(19-5-3-4-16(22(19)24)14-34-21(32)8-20(25)26)6-7-31(15)17-9-27-23(28-10-17)30-12-18(13-30)33-2;/h3-5,9-10,15,18H,6-8,11-14H2,1-2H3,(H3,25,26);1H4. The number of anilines is 3. The average Bonchev–Trinajstić information content (AvgIpc) is 2.78. The van der Waals surface area contributed by atoms with E-state index in [9.17, 15) is 4.79 Å². The summed E-state index contributed by atoms with van der Waals surface area (Å²) in [7, 11) is 1.71. The lowest BCUT2D eigenvalue weighted by molar-refractivity contribution is -0.143. The number of benzene rings is 1. The zero-order valence-corrected chi connectivity index (χ0v) is 19.4. The van der Waals surface area contributed by atoms with E-state index in [1.807, 2.05) is 17.3 Å². The van der Waals surface area contributed by atoms with Crippen LogP contribution in [0.3, 0.4) is 0 Å². The number of halogens is 1. The molecule has 1 aromatic carbocycles. The number of nitrogens with two attached hydrogens (primary N) is 1. The van der Waals surface area contributed by atoms with Crippen LogP contribution in [-0.2, 0) is 20.9 Å². The SMILES string of the molecule is C.COC1CN(c2ncc(N3CCN(c4cccc(COC(=O)CC(=N)N)c4F)CC3C)cn2)C1. The quantitative estimate of drug-likeness (QED) is 0.328. The topological polar surface area (TPSA) is 121 Å². The fraction of sp³-hybridized carbons (Fsp3) is 0.500. The van der Waals surface area contributed by atoms with E-state index in [2.05, 4.69) is 26.7 Å². The predicted molar refractivity (Wildman–Crippen MR) is 134 cm³/mol. The minimum Gasteiger partial charge on any atom is -0.460 e. The van der Waals surface area contributed by atoms with Gasteiger partial charge in [-0.2, -0.15) is 0 Å². The van der Waals surface area contributed by atoms with Crippen molar-refractivity contribution >= 4 is 29.1 Å². The summed E-state index contributed by atoms with van der Waals surface area (Å²) >= 11 is 0. The van der Waals surface area contributed by atoms with Crippen LogP contribution in [0, 0.1) is 11.2 Å². The largest absolute Gasteiger partial charge is 0.460 e. The highest BCUT2D eigenvalue weighted by molar-refractivity contribution is 5.94. The molecule has 2 aliphatic rings. The summed E-state index contributed by atoms with van der Waals surface area (Å²) in [6.45, 7) is 5.41. The second kappa shape index (κ2) is 11.3. The van der Waals surface area contributed by atoms with Crippen LogP contribution >= 0.6 is 0 Å². The van der Waals surface area contributed by atoms with E-state index in [1.165, 1.54) is 0 Å². The normalized spacial score (nSPS) is 18.0. The molecular weight excluding hydrogens is 453 g/mol. The first-order chi connectivity index (χ1) is 16.4. The first-order valence-electron chi connectivity index (χ1n) is 11.2. The molecule has 3 N–H and O–H groups in total. The summed E-state index contributed by atoms with van der Waals surface area (Å²) in [5.74, 6) is -0.645. The number of nitrogens with one attached hydrogen (secondary N) is 1. The van der Waals surface area contributed by atoms with Gasteiger partial charge in [-0.1, -0.05) is 19.6 Å². The number of piperazine rings is 1. The van der Waals surface area contributed by atoms with Gasteiger partial charge in [0.2, 0.25) is 5.95 Å². The molecule has 2 saturated heterocycles. The van der Waals surface area contributed by atoms with Gasteiger partial charge in [0, 0.05) is 51.4 Å². The first kappa shape index (κ1) is 26.1. The van der Waals surface area contributed by atoms with Crippen molar-refractivity contribution < 1.29 is 18.7 Å². The Balaban J connectivity index is 0.00000342. The van der Waals surface area contributed by atoms with Gasteiger partial charge >= 0.3 is 5.97 Å². The number of nitrogens with zero attached hydrogens (tertiary/aromatic N) is 5. The molecule has 4 rings (SSSR count). The molecule has 35 heavy (non-hydrogen) atoms. The Morgan fingerprint density at radius 1 is 1.20 bits per heavy atom. The Hall–Kier alpha value is -3.47. The molecule has 2 aliphatic heterocycles. The Bertz CT molecular complexity index is 1030. The van der Waals surface area contributed by atoms with Crippen molar-refractivity contribution in [1.29, 1.82) is 5.41 Å². The second-order valence-corrected chi connectivity index (χ2v) is 8.61. The van der Waals surface area contributed by atoms with Gasteiger partial charge in [0.25, 0.3) is 0 Å². The van der Waals surface area contributed by atoms with Gasteiger partial charge in [0.05, 0.1) is 29.9 Å². The van der Waals surface area contributed by atoms with Crippen molar-refractivity contribution in [2.75, 3.05) is 54.5 Å². The molecule has 0 spiro atoms. The summed E-state index contributed by atoms with van der Waals surface area (Å²) < 4.78 is 25.5. The van der Waals surface area contributed by atoms with Gasteiger partial charge in [0.15, 0.2) is 5.82 Å². The third-order valence-electron chi connectivity index (χ3n) is 6.17. The number of carbonyl (C=O) groups excluding carboxylic acids is 1. The van der Waals surface area contributed by atoms with Crippen molar-refractivity contribution in [1.82, 2.24) is 9.97 Å². The Kier molecular flexibility index (Phi) is 8.44. The van der Waals surface area contributed by atoms with E-state index < -0.39 is 11.8 Å². The maximum Gasteiger partial charge on any atom is 0.313 e. The third kappa shape index (κ3) is 5.97. The van der Waals surface area contributed by atoms with E-state index in [0.717, 1.165) is 18.8 Å². The van der Waals surface area contributed by atoms with E-state index in [1.54, 1.807) is 25.3 Å². The number of rotatable bonds is 8. The Morgan fingerprint density at radius 2 is 1.91 bits per heavy atom. The molecule has 2 aromatic rings. The number of ether oxygens (including phenoxy) is 2. The van der Waals surface area contributed by atoms with Crippen LogP contribution in [0.4, 0.5) is 21.7 Å². The molecule has 0 bridgehead atoms. The molecule has 11 heteroatoms. The molecule has 0 radical (unpaired) electrons. The first-order valence-corrected chi connectivity index (χ1v) is 11.2. The van der Waals surface area contributed by atoms with Crippen LogP contribution in [0.1, 0.15) is 26.3 Å². The molecule has 0 aliphatic carbocycles. The molecule has 1 atom stereocenters. The van der Waals surface area contributed by atoms with Crippen LogP contribution in [0.25, 0.3) is 0 Å². The average molecular weight is 488 g/mol. The number of hydrogen-bond acceptors (Lipinski definition) is 9. The summed E-state index contributed by atoms with van der Waals surface area (Å²) in [4.78, 5) is 27.0. The van der Waals surface area contributed by atoms with Crippen molar-refractivity contribution in [3.05, 3.63) is 42.0 Å². The highest BCUT2D eigenvalue weighted by Crippen LogP contribution is 2.28. The van der Waals surface area contributed by atoms with Gasteiger partial charge in [-0.05, 0) is 13.0 Å². The van der Waals surface area contributed by atoms with E-state index in [0.29, 0.717) is 31.3 Å². The highest BCUT2D eigenvalue weighted by Gasteiger charge is 2.30. The summed E-state index contributed by atoms with van der Waals surface area (Å²) in [6, 6.07) is 5.18. The van der Waals surface area contributed by atoms with Gasteiger partial charge in [-0.25, -0.2) is 14.4 Å². The molecule has 1 aromatic heterocycles. The lowest BCUT2D eigenvalue weighted by Gasteiger charge is -2.42. The number of carbonyl (C=O) groups is 1. The molecule has 190 valence electrons. The summed E-state index contributed by atoms with van der Waals surface area (Å²) in [6.07, 6.45) is 3.61. The minimum absolute atomic E-state index is 0. The molecule has 3 heterocycles. The second-order valence-electron chi connectivity index (χ2n) is 8.61. The fourth-order valence-electron chi connectivity index (χ4n) is 4.22. The number of methoxy groups -OCH3 is 1. The number of aromatic nitrogens is 2. The number of amidine groups is 1. The zero-order chi connectivity index (χ0) is 24.2. The molecule has 2 fully saturated rings. The maximum atomic E-state index is 15.2. The van der Waals surface area contributed by atoms with E-state index in [-0.39, 0.29) is 44.0 Å². The van der Waals surface area contributed by atoms with Gasteiger partial charge in [0.1, 0.15) is 18.9 Å². The monoisotopic (exact) mass is 487 g/mol. The lowest BCUT2D eigenvalue weighted by Crippen LogP contribution is -2.53. The fourth-order valence-corrected chi connectivity index (χ4v) is 4.22. The van der Waals surface area contributed by atoms with Crippen LogP contribution in [0.5, 0.6) is 0 Å². The smallest absolute Gasteiger partial charge is 0.313 e. The zero-order valence-electron chi connectivity index (χ0n) is 19.4. The minimum atomic E-state index is -0.652. The predicted octanol–water partition coefficient (Wildman–Crippen LogP) is 2.17. The van der Waals surface area contributed by atoms with Crippen molar-refractivity contribution in [2.24, 2.45) is 5.73 Å². The molecule has 10 nitrogen and oxygen atoms in total. The van der Waals surface area contributed by atoms with Gasteiger partial charge in [-0.15, -0.1) is 0 Å². The molecule has 0 saturated carbocycles. The van der Waals surface area contributed by atoms with Crippen LogP contribution in [0.15, 0.2) is 30.6 Å². The molecular formula is C24H34FN7O3.